The second-order valence-electron chi connectivity index (χ2n) is 4.59. The third-order valence-corrected chi connectivity index (χ3v) is 4.09. The number of benzene rings is 1. The molecule has 2 heterocycles. The van der Waals surface area contributed by atoms with Crippen molar-refractivity contribution in [2.45, 2.75) is 6.92 Å². The van der Waals surface area contributed by atoms with Crippen LogP contribution in [0, 0.1) is 17.0 Å². The molecule has 0 aliphatic carbocycles. The average Bonchev–Trinajstić information content (AvgIpc) is 2.75. The third kappa shape index (κ3) is 2.29. The maximum absolute atomic E-state index is 12.4. The van der Waals surface area contributed by atoms with E-state index in [0.717, 1.165) is 11.3 Å². The van der Waals surface area contributed by atoms with Crippen LogP contribution in [0.5, 0.6) is 0 Å². The Morgan fingerprint density at radius 2 is 2.05 bits per heavy atom. The van der Waals surface area contributed by atoms with Crippen LogP contribution in [0.1, 0.15) is 11.3 Å². The van der Waals surface area contributed by atoms with E-state index < -0.39 is 10.5 Å². The number of hydrogen-bond donors (Lipinski definition) is 0. The Bertz CT molecular complexity index is 1070. The summed E-state index contributed by atoms with van der Waals surface area (Å²) in [6, 6.07) is 7.42. The molecule has 1 aromatic carbocycles. The minimum atomic E-state index is -0.504. The van der Waals surface area contributed by atoms with E-state index in [1.807, 2.05) is 0 Å². The highest BCUT2D eigenvalue weighted by molar-refractivity contribution is 7.15. The number of nitro benzene ring substituents is 1. The Balaban J connectivity index is 2.35. The van der Waals surface area contributed by atoms with Crippen molar-refractivity contribution in [2.75, 3.05) is 0 Å². The zero-order chi connectivity index (χ0) is 15.9. The van der Waals surface area contributed by atoms with Crippen LogP contribution in [-0.2, 0) is 0 Å². The third-order valence-electron chi connectivity index (χ3n) is 3.12. The highest BCUT2D eigenvalue weighted by atomic mass is 32.1. The molecule has 0 fully saturated rings. The van der Waals surface area contributed by atoms with Crippen molar-refractivity contribution in [3.63, 3.8) is 0 Å². The van der Waals surface area contributed by atoms with E-state index in [9.17, 15) is 19.7 Å². The fraction of sp³-hybridized carbons (Fsp3) is 0.0714. The SMILES string of the molecule is Cc1cc(=O)nc2sc(=Cc3ccccc3[N+](=O)[O-])c(=O)n12. The first-order chi connectivity index (χ1) is 10.5. The van der Waals surface area contributed by atoms with E-state index in [2.05, 4.69) is 4.98 Å². The van der Waals surface area contributed by atoms with Gasteiger partial charge in [0.15, 0.2) is 0 Å². The largest absolute Gasteiger partial charge is 0.276 e. The summed E-state index contributed by atoms with van der Waals surface area (Å²) in [6.07, 6.45) is 1.45. The summed E-state index contributed by atoms with van der Waals surface area (Å²) in [6.45, 7) is 1.64. The number of aryl methyl sites for hydroxylation is 1. The molecule has 0 amide bonds. The van der Waals surface area contributed by atoms with E-state index >= 15 is 0 Å². The molecule has 110 valence electrons. The number of nitrogens with zero attached hydrogens (tertiary/aromatic N) is 3. The molecule has 0 N–H and O–H groups in total. The number of fused-ring (bicyclic) bond motifs is 1. The number of thiazole rings is 1. The molecule has 0 atom stereocenters. The smallest absolute Gasteiger partial charge is 0.267 e. The molecule has 8 heteroatoms. The first kappa shape index (κ1) is 14.1. The Labute approximate surface area is 126 Å². The Kier molecular flexibility index (Phi) is 3.30. The van der Waals surface area contributed by atoms with Crippen molar-refractivity contribution >= 4 is 28.1 Å². The van der Waals surface area contributed by atoms with E-state index in [1.165, 1.54) is 22.6 Å². The van der Waals surface area contributed by atoms with Crippen LogP contribution in [0.4, 0.5) is 5.69 Å². The predicted molar refractivity (Wildman–Crippen MR) is 82.2 cm³/mol. The molecule has 0 radical (unpaired) electrons. The lowest BCUT2D eigenvalue weighted by molar-refractivity contribution is -0.385. The number of para-hydroxylation sites is 1. The monoisotopic (exact) mass is 315 g/mol. The molecule has 0 unspecified atom stereocenters. The fourth-order valence-corrected chi connectivity index (χ4v) is 3.16. The van der Waals surface area contributed by atoms with Gasteiger partial charge in [-0.05, 0) is 19.1 Å². The Morgan fingerprint density at radius 1 is 1.32 bits per heavy atom. The molecule has 7 nitrogen and oxygen atoms in total. The number of nitro groups is 1. The van der Waals surface area contributed by atoms with E-state index in [0.29, 0.717) is 11.3 Å². The van der Waals surface area contributed by atoms with Crippen molar-refractivity contribution in [2.24, 2.45) is 0 Å². The summed E-state index contributed by atoms with van der Waals surface area (Å²) in [5, 5.41) is 11.0. The zero-order valence-electron chi connectivity index (χ0n) is 11.3. The van der Waals surface area contributed by atoms with Crippen molar-refractivity contribution in [3.05, 3.63) is 76.9 Å². The summed E-state index contributed by atoms with van der Waals surface area (Å²) in [5.41, 5.74) is -0.0343. The molecule has 22 heavy (non-hydrogen) atoms. The van der Waals surface area contributed by atoms with Gasteiger partial charge in [0.2, 0.25) is 4.96 Å². The highest BCUT2D eigenvalue weighted by Crippen LogP contribution is 2.18. The van der Waals surface area contributed by atoms with Crippen LogP contribution in [0.25, 0.3) is 11.0 Å². The summed E-state index contributed by atoms with van der Waals surface area (Å²) in [5.74, 6) is 0. The summed E-state index contributed by atoms with van der Waals surface area (Å²) in [4.78, 5) is 38.4. The maximum atomic E-state index is 12.4. The van der Waals surface area contributed by atoms with Crippen LogP contribution in [0.15, 0.2) is 39.9 Å². The lowest BCUT2D eigenvalue weighted by atomic mass is 10.2. The van der Waals surface area contributed by atoms with Gasteiger partial charge in [0, 0.05) is 17.8 Å². The van der Waals surface area contributed by atoms with Crippen LogP contribution >= 0.6 is 11.3 Å². The van der Waals surface area contributed by atoms with Crippen LogP contribution < -0.4 is 15.7 Å². The molecular weight excluding hydrogens is 306 g/mol. The zero-order valence-corrected chi connectivity index (χ0v) is 12.2. The normalized spacial score (nSPS) is 12.0. The van der Waals surface area contributed by atoms with Crippen molar-refractivity contribution in [1.29, 1.82) is 0 Å². The van der Waals surface area contributed by atoms with Crippen LogP contribution in [-0.4, -0.2) is 14.3 Å². The Hall–Kier alpha value is -2.87. The van der Waals surface area contributed by atoms with Gasteiger partial charge in [-0.2, -0.15) is 4.98 Å². The standard InChI is InChI=1S/C14H9N3O4S/c1-8-6-12(18)15-14-16(8)13(19)11(22-14)7-9-4-2-3-5-10(9)17(20)21/h2-7H,1H3. The van der Waals surface area contributed by atoms with E-state index in [1.54, 1.807) is 25.1 Å². The first-order valence-electron chi connectivity index (χ1n) is 6.26. The molecule has 0 spiro atoms. The second-order valence-corrected chi connectivity index (χ2v) is 5.59. The summed E-state index contributed by atoms with van der Waals surface area (Å²) < 4.78 is 1.61. The average molecular weight is 315 g/mol. The molecule has 3 rings (SSSR count). The quantitative estimate of drug-likeness (QED) is 0.517. The number of hydrogen-bond acceptors (Lipinski definition) is 6. The van der Waals surface area contributed by atoms with E-state index in [4.69, 9.17) is 0 Å². The molecule has 0 aliphatic heterocycles. The lowest BCUT2D eigenvalue weighted by Crippen LogP contribution is -2.25. The molecule has 2 aromatic heterocycles. The summed E-state index contributed by atoms with van der Waals surface area (Å²) >= 11 is 1.03. The number of aromatic nitrogens is 2. The fourth-order valence-electron chi connectivity index (χ4n) is 2.15. The Morgan fingerprint density at radius 3 is 2.77 bits per heavy atom. The van der Waals surface area contributed by atoms with Gasteiger partial charge < -0.3 is 0 Å². The minimum Gasteiger partial charge on any atom is -0.267 e. The van der Waals surface area contributed by atoms with Gasteiger partial charge in [-0.1, -0.05) is 23.5 Å². The molecule has 0 saturated carbocycles. The molecule has 3 aromatic rings. The molecule has 0 aliphatic rings. The van der Waals surface area contributed by atoms with Gasteiger partial charge in [-0.15, -0.1) is 0 Å². The number of rotatable bonds is 2. The van der Waals surface area contributed by atoms with Gasteiger partial charge in [-0.25, -0.2) is 0 Å². The molecule has 0 saturated heterocycles. The van der Waals surface area contributed by atoms with Crippen LogP contribution in [0.2, 0.25) is 0 Å². The van der Waals surface area contributed by atoms with Crippen LogP contribution in [0.3, 0.4) is 0 Å². The van der Waals surface area contributed by atoms with Crippen molar-refractivity contribution in [1.82, 2.24) is 9.38 Å². The lowest BCUT2D eigenvalue weighted by Gasteiger charge is -1.95. The second kappa shape index (κ2) is 5.15. The van der Waals surface area contributed by atoms with Gasteiger partial charge in [-0.3, -0.25) is 24.1 Å². The van der Waals surface area contributed by atoms with Gasteiger partial charge in [0.1, 0.15) is 0 Å². The highest BCUT2D eigenvalue weighted by Gasteiger charge is 2.12. The topological polar surface area (TPSA) is 94.6 Å². The van der Waals surface area contributed by atoms with Gasteiger partial charge in [0.05, 0.1) is 15.0 Å². The van der Waals surface area contributed by atoms with Gasteiger partial charge in [0.25, 0.3) is 16.8 Å². The van der Waals surface area contributed by atoms with Gasteiger partial charge >= 0.3 is 0 Å². The summed E-state index contributed by atoms with van der Waals surface area (Å²) in [7, 11) is 0. The van der Waals surface area contributed by atoms with Crippen molar-refractivity contribution in [3.8, 4) is 0 Å². The predicted octanol–water partition coefficient (Wildman–Crippen LogP) is 0.881. The molecule has 0 bridgehead atoms. The maximum Gasteiger partial charge on any atom is 0.276 e. The van der Waals surface area contributed by atoms with E-state index in [-0.39, 0.29) is 20.7 Å². The minimum absolute atomic E-state index is 0.0847. The first-order valence-corrected chi connectivity index (χ1v) is 7.07. The molecular formula is C14H9N3O4S. The van der Waals surface area contributed by atoms with Crippen molar-refractivity contribution < 1.29 is 4.92 Å².